The largest absolute Gasteiger partial charge is 0.480 e. The van der Waals surface area contributed by atoms with E-state index in [-0.39, 0.29) is 22.4 Å². The minimum absolute atomic E-state index is 0.0128. The number of aromatic nitrogens is 3. The van der Waals surface area contributed by atoms with E-state index in [0.29, 0.717) is 35.6 Å². The van der Waals surface area contributed by atoms with Crippen molar-refractivity contribution in [1.82, 2.24) is 24.6 Å². The number of nitrogens with one attached hydrogen (secondary N) is 4. The second kappa shape index (κ2) is 14.0. The number of nitrogens with zero attached hydrogens (tertiary/aromatic N) is 2. The summed E-state index contributed by atoms with van der Waals surface area (Å²) in [5.41, 5.74) is 3.35. The first-order valence-electron chi connectivity index (χ1n) is 15.0. The van der Waals surface area contributed by atoms with Crippen LogP contribution in [0.5, 0.6) is 0 Å². The Hall–Kier alpha value is -5.27. The number of amides is 1. The molecular formula is C34H36N6O6S. The highest BCUT2D eigenvalue weighted by Gasteiger charge is 2.32. The molecule has 1 amide bonds. The summed E-state index contributed by atoms with van der Waals surface area (Å²) in [6.07, 6.45) is 4.98. The van der Waals surface area contributed by atoms with E-state index in [4.69, 9.17) is 0 Å². The summed E-state index contributed by atoms with van der Waals surface area (Å²) in [6, 6.07) is 16.2. The molecule has 2 heterocycles. The van der Waals surface area contributed by atoms with Crippen LogP contribution in [0, 0.1) is 20.8 Å². The van der Waals surface area contributed by atoms with Gasteiger partial charge in [0.15, 0.2) is 5.95 Å². The Kier molecular flexibility index (Phi) is 9.87. The van der Waals surface area contributed by atoms with E-state index in [9.17, 15) is 27.9 Å². The van der Waals surface area contributed by atoms with Crippen molar-refractivity contribution in [3.63, 3.8) is 0 Å². The number of hydrogen-bond acceptors (Lipinski definition) is 7. The van der Waals surface area contributed by atoms with Crippen molar-refractivity contribution in [1.29, 1.82) is 0 Å². The number of aliphatic carboxylic acids is 1. The zero-order valence-corrected chi connectivity index (χ0v) is 27.0. The molecule has 1 unspecified atom stereocenters. The lowest BCUT2D eigenvalue weighted by Gasteiger charge is -2.27. The summed E-state index contributed by atoms with van der Waals surface area (Å²) in [5.74, 6) is -1.58. The van der Waals surface area contributed by atoms with Crippen LogP contribution in [0.1, 0.15) is 38.2 Å². The van der Waals surface area contributed by atoms with Crippen molar-refractivity contribution < 1.29 is 23.1 Å². The molecule has 47 heavy (non-hydrogen) atoms. The van der Waals surface area contributed by atoms with Gasteiger partial charge in [-0.1, -0.05) is 54.1 Å². The summed E-state index contributed by atoms with van der Waals surface area (Å²) in [6.45, 7) is 5.08. The fraction of sp³-hybridized carbons (Fsp3) is 0.235. The molecule has 0 aliphatic carbocycles. The lowest BCUT2D eigenvalue weighted by atomic mass is 10.1. The number of pyridine rings is 1. The molecule has 0 radical (unpaired) electrons. The summed E-state index contributed by atoms with van der Waals surface area (Å²) >= 11 is 0. The second-order valence-electron chi connectivity index (χ2n) is 11.4. The molecule has 0 aliphatic rings. The SMILES string of the molecule is Cc1cc(C)c(S(=O)(=O)NC(CN(CCc2ccccc2)C(=O)c2c[nH]c3cc(CNc4ncc[nH]4)ccc3c2=O)C(=O)O)c(C)c1. The van der Waals surface area contributed by atoms with Crippen molar-refractivity contribution in [3.8, 4) is 0 Å². The molecule has 2 aromatic heterocycles. The maximum absolute atomic E-state index is 14.0. The van der Waals surface area contributed by atoms with Crippen LogP contribution in [0.3, 0.4) is 0 Å². The molecule has 0 saturated heterocycles. The number of aromatic amines is 2. The fourth-order valence-electron chi connectivity index (χ4n) is 5.66. The summed E-state index contributed by atoms with van der Waals surface area (Å²) < 4.78 is 29.3. The Labute approximate surface area is 271 Å². The third kappa shape index (κ3) is 7.76. The summed E-state index contributed by atoms with van der Waals surface area (Å²) in [5, 5.41) is 13.6. The molecule has 12 nitrogen and oxygen atoms in total. The maximum Gasteiger partial charge on any atom is 0.323 e. The second-order valence-corrected chi connectivity index (χ2v) is 13.1. The fourth-order valence-corrected chi connectivity index (χ4v) is 7.30. The minimum atomic E-state index is -4.29. The van der Waals surface area contributed by atoms with Gasteiger partial charge in [0.2, 0.25) is 15.5 Å². The maximum atomic E-state index is 14.0. The average Bonchev–Trinajstić information content (AvgIpc) is 3.55. The zero-order chi connectivity index (χ0) is 33.7. The summed E-state index contributed by atoms with van der Waals surface area (Å²) in [4.78, 5) is 51.4. The van der Waals surface area contributed by atoms with E-state index >= 15 is 0 Å². The van der Waals surface area contributed by atoms with E-state index < -0.39 is 39.9 Å². The number of hydrogen-bond donors (Lipinski definition) is 5. The van der Waals surface area contributed by atoms with Crippen molar-refractivity contribution in [3.05, 3.63) is 123 Å². The van der Waals surface area contributed by atoms with Gasteiger partial charge in [-0.15, -0.1) is 0 Å². The predicted molar refractivity (Wildman–Crippen MR) is 179 cm³/mol. The minimum Gasteiger partial charge on any atom is -0.480 e. The van der Waals surface area contributed by atoms with Crippen LogP contribution in [0.2, 0.25) is 0 Å². The first-order chi connectivity index (χ1) is 22.4. The van der Waals surface area contributed by atoms with E-state index in [1.54, 1.807) is 56.6 Å². The molecule has 0 bridgehead atoms. The number of fused-ring (bicyclic) bond motifs is 1. The molecule has 0 spiro atoms. The molecule has 1 atom stereocenters. The Morgan fingerprint density at radius 1 is 0.979 bits per heavy atom. The smallest absolute Gasteiger partial charge is 0.323 e. The van der Waals surface area contributed by atoms with Gasteiger partial charge in [-0.2, -0.15) is 4.72 Å². The van der Waals surface area contributed by atoms with Gasteiger partial charge in [-0.3, -0.25) is 14.4 Å². The normalized spacial score (nSPS) is 12.1. The molecule has 5 N–H and O–H groups in total. The average molecular weight is 657 g/mol. The van der Waals surface area contributed by atoms with Crippen LogP contribution in [-0.4, -0.2) is 64.4 Å². The van der Waals surface area contributed by atoms with Crippen LogP contribution in [0.4, 0.5) is 5.95 Å². The number of rotatable bonds is 13. The van der Waals surface area contributed by atoms with Gasteiger partial charge in [0.05, 0.1) is 4.90 Å². The van der Waals surface area contributed by atoms with Crippen LogP contribution < -0.4 is 15.5 Å². The third-order valence-corrected chi connectivity index (χ3v) is 9.58. The highest BCUT2D eigenvalue weighted by atomic mass is 32.2. The van der Waals surface area contributed by atoms with E-state index in [0.717, 1.165) is 16.7 Å². The Morgan fingerprint density at radius 2 is 1.70 bits per heavy atom. The highest BCUT2D eigenvalue weighted by Crippen LogP contribution is 2.22. The molecular weight excluding hydrogens is 620 g/mol. The quantitative estimate of drug-likeness (QED) is 0.127. The van der Waals surface area contributed by atoms with Crippen molar-refractivity contribution >= 4 is 38.8 Å². The molecule has 0 fully saturated rings. The van der Waals surface area contributed by atoms with Crippen molar-refractivity contribution in [2.75, 3.05) is 18.4 Å². The Balaban J connectivity index is 1.44. The molecule has 0 saturated carbocycles. The molecule has 0 aliphatic heterocycles. The number of anilines is 1. The number of carboxylic acid groups (broad SMARTS) is 1. The van der Waals surface area contributed by atoms with Gasteiger partial charge >= 0.3 is 5.97 Å². The predicted octanol–water partition coefficient (Wildman–Crippen LogP) is 3.91. The van der Waals surface area contributed by atoms with Crippen LogP contribution in [-0.2, 0) is 27.8 Å². The van der Waals surface area contributed by atoms with Gasteiger partial charge in [-0.25, -0.2) is 13.4 Å². The molecule has 13 heteroatoms. The highest BCUT2D eigenvalue weighted by molar-refractivity contribution is 7.89. The molecule has 5 aromatic rings. The van der Waals surface area contributed by atoms with Gasteiger partial charge in [0, 0.05) is 49.1 Å². The first-order valence-corrected chi connectivity index (χ1v) is 16.4. The van der Waals surface area contributed by atoms with Gasteiger partial charge < -0.3 is 25.3 Å². The number of aryl methyl sites for hydroxylation is 3. The van der Waals surface area contributed by atoms with Crippen LogP contribution >= 0.6 is 0 Å². The molecule has 244 valence electrons. The van der Waals surface area contributed by atoms with Gasteiger partial charge in [0.1, 0.15) is 11.6 Å². The number of carbonyl (C=O) groups is 2. The third-order valence-electron chi connectivity index (χ3n) is 7.81. The monoisotopic (exact) mass is 656 g/mol. The topological polar surface area (TPSA) is 177 Å². The standard InChI is InChI=1S/C34H36N6O6S/c1-21-15-22(2)31(23(3)16-21)47(45,46)39-29(33(43)44)20-40(14-11-24-7-5-4-6-8-24)32(42)27-19-37-28-17-25(9-10-26(28)30(27)41)18-38-34-35-12-13-36-34/h4-10,12-13,15-17,19,29,39H,11,14,18,20H2,1-3H3,(H,37,41)(H,43,44)(H2,35,36,38). The number of benzene rings is 3. The van der Waals surface area contributed by atoms with Gasteiger partial charge in [-0.05, 0) is 61.6 Å². The van der Waals surface area contributed by atoms with Crippen molar-refractivity contribution in [2.24, 2.45) is 0 Å². The summed E-state index contributed by atoms with van der Waals surface area (Å²) in [7, 11) is -4.29. The van der Waals surface area contributed by atoms with Crippen LogP contribution in [0.25, 0.3) is 10.9 Å². The van der Waals surface area contributed by atoms with E-state index in [2.05, 4.69) is 25.0 Å². The Morgan fingerprint density at radius 3 is 2.36 bits per heavy atom. The number of sulfonamides is 1. The van der Waals surface area contributed by atoms with E-state index in [1.165, 1.54) is 11.1 Å². The number of carboxylic acids is 1. The number of imidazole rings is 1. The first kappa shape index (κ1) is 33.1. The molecule has 5 rings (SSSR count). The number of carbonyl (C=O) groups excluding carboxylic acids is 1. The lowest BCUT2D eigenvalue weighted by molar-refractivity contribution is -0.139. The van der Waals surface area contributed by atoms with Crippen LogP contribution in [0.15, 0.2) is 88.9 Å². The lowest BCUT2D eigenvalue weighted by Crippen LogP contribution is -2.51. The number of H-pyrrole nitrogens is 2. The Bertz CT molecular complexity index is 2050. The zero-order valence-electron chi connectivity index (χ0n) is 26.2. The van der Waals surface area contributed by atoms with Gasteiger partial charge in [0.25, 0.3) is 5.91 Å². The molecule has 3 aromatic carbocycles. The van der Waals surface area contributed by atoms with E-state index in [1.807, 2.05) is 37.3 Å². The van der Waals surface area contributed by atoms with Crippen molar-refractivity contribution in [2.45, 2.75) is 44.7 Å².